The highest BCUT2D eigenvalue weighted by atomic mass is 32.2. The summed E-state index contributed by atoms with van der Waals surface area (Å²) in [4.78, 5) is 16.5. The van der Waals surface area contributed by atoms with Gasteiger partial charge in [-0.05, 0) is 42.5 Å². The minimum Gasteiger partial charge on any atom is -0.473 e. The van der Waals surface area contributed by atoms with E-state index in [2.05, 4.69) is 10.3 Å². The van der Waals surface area contributed by atoms with Crippen molar-refractivity contribution in [2.45, 2.75) is 18.7 Å². The Bertz CT molecular complexity index is 808. The molecule has 0 aliphatic carbocycles. The number of hydrogen-bond donors (Lipinski definition) is 1. The van der Waals surface area contributed by atoms with Crippen LogP contribution in [0, 0.1) is 5.82 Å². The van der Waals surface area contributed by atoms with Gasteiger partial charge in [-0.1, -0.05) is 0 Å². The fraction of sp³-hybridized carbons (Fsp3) is 0.294. The molecule has 1 saturated heterocycles. The van der Waals surface area contributed by atoms with E-state index in [0.717, 1.165) is 24.0 Å². The molecule has 0 saturated carbocycles. The van der Waals surface area contributed by atoms with Crippen LogP contribution in [0.2, 0.25) is 0 Å². The molecule has 3 rings (SSSR count). The molecule has 1 aliphatic heterocycles. The van der Waals surface area contributed by atoms with Crippen LogP contribution in [-0.2, 0) is 6.18 Å². The van der Waals surface area contributed by atoms with Gasteiger partial charge in [0.2, 0.25) is 5.88 Å². The number of benzene rings is 1. The number of ether oxygens (including phenoxy) is 1. The Hall–Kier alpha value is -2.29. The van der Waals surface area contributed by atoms with Crippen LogP contribution in [0.3, 0.4) is 0 Å². The molecule has 138 valence electrons. The Morgan fingerprint density at radius 1 is 1.31 bits per heavy atom. The van der Waals surface area contributed by atoms with Gasteiger partial charge in [-0.2, -0.15) is 24.9 Å². The molecule has 1 N–H and O–H groups in total. The molecule has 26 heavy (non-hydrogen) atoms. The topological polar surface area (TPSA) is 51.2 Å². The molecule has 4 nitrogen and oxygen atoms in total. The van der Waals surface area contributed by atoms with Crippen molar-refractivity contribution in [2.24, 2.45) is 0 Å². The maximum atomic E-state index is 13.4. The van der Waals surface area contributed by atoms with Gasteiger partial charge in [-0.25, -0.2) is 9.37 Å². The second-order valence-corrected chi connectivity index (χ2v) is 6.76. The summed E-state index contributed by atoms with van der Waals surface area (Å²) in [5, 5.41) is 2.33. The lowest BCUT2D eigenvalue weighted by molar-refractivity contribution is -0.139. The summed E-state index contributed by atoms with van der Waals surface area (Å²) in [5.41, 5.74) is -1.52. The highest BCUT2D eigenvalue weighted by Gasteiger charge is 2.34. The number of hydrogen-bond acceptors (Lipinski definition) is 4. The third-order valence-corrected chi connectivity index (χ3v) is 4.84. The molecular weight excluding hydrogens is 372 g/mol. The number of aromatic nitrogens is 1. The number of pyridine rings is 1. The summed E-state index contributed by atoms with van der Waals surface area (Å²) in [6, 6.07) is 5.27. The molecule has 0 bridgehead atoms. The van der Waals surface area contributed by atoms with E-state index in [1.165, 1.54) is 18.3 Å². The average Bonchev–Trinajstić information content (AvgIpc) is 3.09. The fourth-order valence-corrected chi connectivity index (χ4v) is 3.53. The van der Waals surface area contributed by atoms with E-state index in [4.69, 9.17) is 4.74 Å². The van der Waals surface area contributed by atoms with Crippen LogP contribution in [0.15, 0.2) is 36.5 Å². The predicted octanol–water partition coefficient (Wildman–Crippen LogP) is 4.38. The maximum absolute atomic E-state index is 13.4. The minimum atomic E-state index is -4.85. The van der Waals surface area contributed by atoms with Gasteiger partial charge in [0.15, 0.2) is 0 Å². The number of nitrogens with one attached hydrogen (secondary N) is 1. The fourth-order valence-electron chi connectivity index (χ4n) is 2.44. The van der Waals surface area contributed by atoms with Crippen molar-refractivity contribution in [3.05, 3.63) is 53.5 Å². The quantitative estimate of drug-likeness (QED) is 0.793. The van der Waals surface area contributed by atoms with E-state index in [1.807, 2.05) is 0 Å². The molecule has 1 atom stereocenters. The highest BCUT2D eigenvalue weighted by molar-refractivity contribution is 7.99. The molecule has 2 heterocycles. The van der Waals surface area contributed by atoms with Crippen molar-refractivity contribution >= 4 is 23.4 Å². The van der Waals surface area contributed by atoms with Gasteiger partial charge in [0, 0.05) is 17.6 Å². The monoisotopic (exact) mass is 386 g/mol. The van der Waals surface area contributed by atoms with Gasteiger partial charge >= 0.3 is 6.18 Å². The largest absolute Gasteiger partial charge is 0.473 e. The van der Waals surface area contributed by atoms with Gasteiger partial charge in [-0.15, -0.1) is 0 Å². The average molecular weight is 386 g/mol. The van der Waals surface area contributed by atoms with E-state index < -0.39 is 23.5 Å². The van der Waals surface area contributed by atoms with E-state index in [9.17, 15) is 22.4 Å². The van der Waals surface area contributed by atoms with E-state index >= 15 is 0 Å². The summed E-state index contributed by atoms with van der Waals surface area (Å²) in [5.74, 6) is -0.229. The number of anilines is 1. The Morgan fingerprint density at radius 2 is 2.12 bits per heavy atom. The molecule has 1 aromatic heterocycles. The first-order chi connectivity index (χ1) is 12.3. The van der Waals surface area contributed by atoms with Crippen LogP contribution < -0.4 is 10.1 Å². The van der Waals surface area contributed by atoms with Crippen LogP contribution in [-0.4, -0.2) is 28.5 Å². The standard InChI is InChI=1S/C17H14F4N2O2S/c18-14-4-3-10(8-13(14)17(19,20)21)23-15(24)12-2-1-6-22-16(12)25-11-5-7-26-9-11/h1-4,6,8,11H,5,7,9H2,(H,23,24)/t11-/m1/s1. The molecule has 1 aliphatic rings. The first-order valence-electron chi connectivity index (χ1n) is 7.72. The van der Waals surface area contributed by atoms with Crippen LogP contribution in [0.25, 0.3) is 0 Å². The summed E-state index contributed by atoms with van der Waals surface area (Å²) < 4.78 is 57.5. The second kappa shape index (κ2) is 7.53. The number of alkyl halides is 3. The zero-order valence-corrected chi connectivity index (χ0v) is 14.2. The molecule has 9 heteroatoms. The van der Waals surface area contributed by atoms with Gasteiger partial charge in [0.25, 0.3) is 5.91 Å². The number of amides is 1. The lowest BCUT2D eigenvalue weighted by atomic mass is 10.1. The number of carbonyl (C=O) groups is 1. The third-order valence-electron chi connectivity index (χ3n) is 3.71. The zero-order chi connectivity index (χ0) is 18.7. The van der Waals surface area contributed by atoms with E-state index in [0.29, 0.717) is 12.1 Å². The smallest absolute Gasteiger partial charge is 0.419 e. The predicted molar refractivity (Wildman–Crippen MR) is 90.0 cm³/mol. The Balaban J connectivity index is 1.80. The summed E-state index contributed by atoms with van der Waals surface area (Å²) in [6.45, 7) is 0. The number of nitrogens with zero attached hydrogens (tertiary/aromatic N) is 1. The van der Waals surface area contributed by atoms with Crippen molar-refractivity contribution < 1.29 is 27.1 Å². The molecule has 1 aromatic carbocycles. The highest BCUT2D eigenvalue weighted by Crippen LogP contribution is 2.33. The summed E-state index contributed by atoms with van der Waals surface area (Å²) in [7, 11) is 0. The number of rotatable bonds is 4. The van der Waals surface area contributed by atoms with Gasteiger partial charge in [0.05, 0.1) is 5.56 Å². The molecule has 0 spiro atoms. The summed E-state index contributed by atoms with van der Waals surface area (Å²) >= 11 is 1.73. The normalized spacial score (nSPS) is 17.2. The summed E-state index contributed by atoms with van der Waals surface area (Å²) in [6.07, 6.45) is -2.62. The van der Waals surface area contributed by atoms with Gasteiger partial charge < -0.3 is 10.1 Å². The van der Waals surface area contributed by atoms with Gasteiger partial charge in [0.1, 0.15) is 17.5 Å². The second-order valence-electron chi connectivity index (χ2n) is 5.61. The maximum Gasteiger partial charge on any atom is 0.419 e. The molecule has 0 radical (unpaired) electrons. The zero-order valence-electron chi connectivity index (χ0n) is 13.3. The van der Waals surface area contributed by atoms with Crippen LogP contribution in [0.4, 0.5) is 23.2 Å². The Labute approximate surface area is 151 Å². The number of carbonyl (C=O) groups excluding carboxylic acids is 1. The lowest BCUT2D eigenvalue weighted by Gasteiger charge is -2.15. The first-order valence-corrected chi connectivity index (χ1v) is 8.87. The van der Waals surface area contributed by atoms with E-state index in [-0.39, 0.29) is 23.2 Å². The number of halogens is 4. The van der Waals surface area contributed by atoms with Crippen molar-refractivity contribution in [1.82, 2.24) is 4.98 Å². The van der Waals surface area contributed by atoms with Crippen molar-refractivity contribution in [3.8, 4) is 5.88 Å². The SMILES string of the molecule is O=C(Nc1ccc(F)c(C(F)(F)F)c1)c1cccnc1O[C@@H]1CCSC1. The van der Waals surface area contributed by atoms with Crippen LogP contribution in [0.5, 0.6) is 5.88 Å². The number of thioether (sulfide) groups is 1. The minimum absolute atomic E-state index is 0.0656. The van der Waals surface area contributed by atoms with Crippen molar-refractivity contribution in [1.29, 1.82) is 0 Å². The molecular formula is C17H14F4N2O2S. The van der Waals surface area contributed by atoms with Gasteiger partial charge in [-0.3, -0.25) is 4.79 Å². The molecule has 0 unspecified atom stereocenters. The Kier molecular flexibility index (Phi) is 5.36. The molecule has 1 amide bonds. The molecule has 1 fully saturated rings. The van der Waals surface area contributed by atoms with Crippen molar-refractivity contribution in [3.63, 3.8) is 0 Å². The Morgan fingerprint density at radius 3 is 2.81 bits per heavy atom. The molecule has 2 aromatic rings. The lowest BCUT2D eigenvalue weighted by Crippen LogP contribution is -2.20. The van der Waals surface area contributed by atoms with Crippen molar-refractivity contribution in [2.75, 3.05) is 16.8 Å². The van der Waals surface area contributed by atoms with Crippen LogP contribution in [0.1, 0.15) is 22.3 Å². The van der Waals surface area contributed by atoms with Crippen LogP contribution >= 0.6 is 11.8 Å². The van der Waals surface area contributed by atoms with E-state index in [1.54, 1.807) is 11.8 Å². The first kappa shape index (κ1) is 18.5. The third kappa shape index (κ3) is 4.27.